The third-order valence-corrected chi connectivity index (χ3v) is 7.99. The number of ether oxygens (including phenoxy) is 1. The lowest BCUT2D eigenvalue weighted by molar-refractivity contribution is 0.400. The zero-order valence-electron chi connectivity index (χ0n) is 22.4. The SMILES string of the molecule is COc1ncc(-c2ccc3nc(N)c(-c4ccc(C(C)(C)N)cc4)cc3c2)cc1NS(=O)(=O)c1ccc(F)cc1F. The first kappa shape index (κ1) is 27.9. The van der Waals surface area contributed by atoms with E-state index in [9.17, 15) is 17.2 Å². The van der Waals surface area contributed by atoms with Gasteiger partial charge in [0.15, 0.2) is 0 Å². The molecule has 2 aromatic heterocycles. The van der Waals surface area contributed by atoms with E-state index < -0.39 is 32.1 Å². The number of hydrogen-bond acceptors (Lipinski definition) is 7. The lowest BCUT2D eigenvalue weighted by atomic mass is 9.93. The highest BCUT2D eigenvalue weighted by Crippen LogP contribution is 2.34. The summed E-state index contributed by atoms with van der Waals surface area (Å²) in [6.45, 7) is 3.86. The number of aromatic nitrogens is 2. The monoisotopic (exact) mass is 575 g/mol. The van der Waals surface area contributed by atoms with Gasteiger partial charge >= 0.3 is 0 Å². The van der Waals surface area contributed by atoms with E-state index in [4.69, 9.17) is 16.2 Å². The highest BCUT2D eigenvalue weighted by Gasteiger charge is 2.22. The van der Waals surface area contributed by atoms with E-state index in [1.165, 1.54) is 19.4 Å². The van der Waals surface area contributed by atoms with E-state index in [2.05, 4.69) is 14.7 Å². The second kappa shape index (κ2) is 10.4. The van der Waals surface area contributed by atoms with Gasteiger partial charge in [-0.1, -0.05) is 30.3 Å². The van der Waals surface area contributed by atoms with Gasteiger partial charge in [-0.2, -0.15) is 0 Å². The van der Waals surface area contributed by atoms with Crippen LogP contribution in [0.3, 0.4) is 0 Å². The Labute approximate surface area is 236 Å². The molecule has 0 aliphatic carbocycles. The van der Waals surface area contributed by atoms with E-state index in [1.54, 1.807) is 12.1 Å². The minimum Gasteiger partial charge on any atom is -0.480 e. The second-order valence-corrected chi connectivity index (χ2v) is 11.7. The molecule has 41 heavy (non-hydrogen) atoms. The molecule has 0 aliphatic rings. The molecule has 5 rings (SSSR count). The Morgan fingerprint density at radius 2 is 1.61 bits per heavy atom. The Hall–Kier alpha value is -4.61. The molecule has 5 N–H and O–H groups in total. The Morgan fingerprint density at radius 1 is 0.902 bits per heavy atom. The van der Waals surface area contributed by atoms with Gasteiger partial charge in [-0.25, -0.2) is 27.2 Å². The molecule has 2 heterocycles. The van der Waals surface area contributed by atoms with E-state index in [1.807, 2.05) is 50.2 Å². The standard InChI is InChI=1S/C30H27F2N5O3S/c1-30(2,34)21-7-4-17(5-8-21)23-13-19-12-18(6-10-25(19)36-28(23)33)20-14-26(29(40-3)35-16-20)37-41(38,39)27-11-9-22(31)15-24(27)32/h4-16,37H,34H2,1-3H3,(H2,33,36). The van der Waals surface area contributed by atoms with Crippen LogP contribution in [0.1, 0.15) is 19.4 Å². The van der Waals surface area contributed by atoms with Crippen LogP contribution in [-0.2, 0) is 15.6 Å². The minimum atomic E-state index is -4.42. The van der Waals surface area contributed by atoms with Gasteiger partial charge in [0.2, 0.25) is 5.88 Å². The van der Waals surface area contributed by atoms with Crippen LogP contribution < -0.4 is 20.9 Å². The van der Waals surface area contributed by atoms with Gasteiger partial charge in [0.05, 0.1) is 12.6 Å². The van der Waals surface area contributed by atoms with Crippen molar-refractivity contribution in [3.8, 4) is 28.1 Å². The zero-order valence-corrected chi connectivity index (χ0v) is 23.3. The van der Waals surface area contributed by atoms with E-state index in [0.29, 0.717) is 28.5 Å². The predicted molar refractivity (Wildman–Crippen MR) is 156 cm³/mol. The largest absolute Gasteiger partial charge is 0.480 e. The molecule has 0 saturated carbocycles. The average molecular weight is 576 g/mol. The maximum atomic E-state index is 14.3. The Bertz CT molecular complexity index is 1890. The molecule has 0 atom stereocenters. The first-order valence-electron chi connectivity index (χ1n) is 12.5. The maximum absolute atomic E-state index is 14.3. The smallest absolute Gasteiger partial charge is 0.264 e. The molecule has 0 aliphatic heterocycles. The molecule has 0 unspecified atom stereocenters. The normalized spacial score (nSPS) is 12.0. The van der Waals surface area contributed by atoms with Gasteiger partial charge < -0.3 is 16.2 Å². The fourth-order valence-corrected chi connectivity index (χ4v) is 5.53. The molecule has 210 valence electrons. The van der Waals surface area contributed by atoms with Crippen molar-refractivity contribution in [1.29, 1.82) is 0 Å². The summed E-state index contributed by atoms with van der Waals surface area (Å²) in [5.41, 5.74) is 16.5. The molecule has 3 aromatic carbocycles. The van der Waals surface area contributed by atoms with Crippen LogP contribution >= 0.6 is 0 Å². The van der Waals surface area contributed by atoms with Crippen LogP contribution in [0.4, 0.5) is 20.3 Å². The van der Waals surface area contributed by atoms with Gasteiger partial charge in [0.1, 0.15) is 28.0 Å². The van der Waals surface area contributed by atoms with Crippen molar-refractivity contribution in [1.82, 2.24) is 9.97 Å². The molecule has 11 heteroatoms. The number of methoxy groups -OCH3 is 1. The number of benzene rings is 3. The number of sulfonamides is 1. The number of fused-ring (bicyclic) bond motifs is 1. The molecule has 0 saturated heterocycles. The topological polar surface area (TPSA) is 133 Å². The summed E-state index contributed by atoms with van der Waals surface area (Å²) >= 11 is 0. The van der Waals surface area contributed by atoms with Crippen molar-refractivity contribution in [2.45, 2.75) is 24.3 Å². The average Bonchev–Trinajstić information content (AvgIpc) is 2.91. The van der Waals surface area contributed by atoms with Crippen LogP contribution in [0.2, 0.25) is 0 Å². The van der Waals surface area contributed by atoms with Crippen molar-refractivity contribution in [2.75, 3.05) is 17.6 Å². The highest BCUT2D eigenvalue weighted by molar-refractivity contribution is 7.92. The highest BCUT2D eigenvalue weighted by atomic mass is 32.2. The summed E-state index contributed by atoms with van der Waals surface area (Å²) in [5, 5.41) is 0.793. The number of nitrogen functional groups attached to an aromatic ring is 1. The third-order valence-electron chi connectivity index (χ3n) is 6.59. The summed E-state index contributed by atoms with van der Waals surface area (Å²) in [5.74, 6) is -1.77. The van der Waals surface area contributed by atoms with Crippen LogP contribution in [-0.4, -0.2) is 25.5 Å². The lowest BCUT2D eigenvalue weighted by Gasteiger charge is -2.19. The Morgan fingerprint density at radius 3 is 2.27 bits per heavy atom. The van der Waals surface area contributed by atoms with E-state index in [0.717, 1.165) is 34.2 Å². The molecule has 0 bridgehead atoms. The first-order valence-corrected chi connectivity index (χ1v) is 14.0. The maximum Gasteiger partial charge on any atom is 0.264 e. The second-order valence-electron chi connectivity index (χ2n) is 10.1. The van der Waals surface area contributed by atoms with Crippen LogP contribution in [0.25, 0.3) is 33.2 Å². The Balaban J connectivity index is 1.53. The van der Waals surface area contributed by atoms with Crippen LogP contribution in [0.5, 0.6) is 5.88 Å². The summed E-state index contributed by atoms with van der Waals surface area (Å²) in [4.78, 5) is 8.08. The van der Waals surface area contributed by atoms with E-state index >= 15 is 0 Å². The molecule has 0 amide bonds. The van der Waals surface area contributed by atoms with E-state index in [-0.39, 0.29) is 11.6 Å². The predicted octanol–water partition coefficient (Wildman–Crippen LogP) is 5.83. The number of nitrogens with two attached hydrogens (primary N) is 2. The van der Waals surface area contributed by atoms with Crippen molar-refractivity contribution >= 4 is 32.4 Å². The van der Waals surface area contributed by atoms with Crippen LogP contribution in [0, 0.1) is 11.6 Å². The third kappa shape index (κ3) is 5.67. The summed E-state index contributed by atoms with van der Waals surface area (Å²) in [6, 6.07) is 18.9. The van der Waals surface area contributed by atoms with Crippen molar-refractivity contribution in [2.24, 2.45) is 5.73 Å². The van der Waals surface area contributed by atoms with Gasteiger partial charge in [0.25, 0.3) is 10.0 Å². The fourth-order valence-electron chi connectivity index (χ4n) is 4.42. The van der Waals surface area contributed by atoms with Gasteiger partial charge in [-0.15, -0.1) is 0 Å². The number of nitrogens with one attached hydrogen (secondary N) is 1. The summed E-state index contributed by atoms with van der Waals surface area (Å²) in [7, 11) is -3.10. The number of rotatable bonds is 7. The molecule has 8 nitrogen and oxygen atoms in total. The Kier molecular flexibility index (Phi) is 7.10. The first-order chi connectivity index (χ1) is 19.4. The minimum absolute atomic E-state index is 0.0205. The zero-order chi connectivity index (χ0) is 29.5. The number of anilines is 2. The molecular formula is C30H27F2N5O3S. The lowest BCUT2D eigenvalue weighted by Crippen LogP contribution is -2.28. The molecule has 0 fully saturated rings. The van der Waals surface area contributed by atoms with Gasteiger partial charge in [-0.3, -0.25) is 4.72 Å². The van der Waals surface area contributed by atoms with Gasteiger partial charge in [-0.05, 0) is 66.9 Å². The quantitative estimate of drug-likeness (QED) is 0.222. The molecule has 0 radical (unpaired) electrons. The fraction of sp³-hybridized carbons (Fsp3) is 0.133. The number of nitrogens with zero attached hydrogens (tertiary/aromatic N) is 2. The summed E-state index contributed by atoms with van der Waals surface area (Å²) < 4.78 is 60.9. The van der Waals surface area contributed by atoms with Crippen molar-refractivity contribution in [3.05, 3.63) is 96.2 Å². The summed E-state index contributed by atoms with van der Waals surface area (Å²) in [6.07, 6.45) is 1.52. The van der Waals surface area contributed by atoms with Crippen molar-refractivity contribution < 1.29 is 21.9 Å². The molecular weight excluding hydrogens is 548 g/mol. The van der Waals surface area contributed by atoms with Crippen LogP contribution in [0.15, 0.2) is 83.9 Å². The molecule has 5 aromatic rings. The number of halogens is 2. The van der Waals surface area contributed by atoms with Gasteiger partial charge in [0, 0.05) is 34.3 Å². The number of pyridine rings is 2. The van der Waals surface area contributed by atoms with Crippen molar-refractivity contribution in [3.63, 3.8) is 0 Å². The number of hydrogen-bond donors (Lipinski definition) is 3. The molecule has 0 spiro atoms.